The molecule has 0 aliphatic rings. The lowest BCUT2D eigenvalue weighted by Crippen LogP contribution is -1.96. The molecule has 1 aromatic carbocycles. The van der Waals surface area contributed by atoms with Gasteiger partial charge in [0, 0.05) is 10.7 Å². The second kappa shape index (κ2) is 4.71. The lowest BCUT2D eigenvalue weighted by atomic mass is 10.2. The SMILES string of the molecule is Cc1ccc(N)c(Oc2ncc(Br)cc2F)c1. The molecule has 2 aromatic rings. The summed E-state index contributed by atoms with van der Waals surface area (Å²) in [6, 6.07) is 6.59. The van der Waals surface area contributed by atoms with E-state index in [0.717, 1.165) is 5.56 Å². The molecule has 2 N–H and O–H groups in total. The molecule has 0 radical (unpaired) electrons. The first-order valence-electron chi connectivity index (χ1n) is 4.91. The number of ether oxygens (including phenoxy) is 1. The van der Waals surface area contributed by atoms with Crippen LogP contribution in [0.15, 0.2) is 34.9 Å². The number of nitrogens with two attached hydrogens (primary N) is 1. The molecule has 0 amide bonds. The summed E-state index contributed by atoms with van der Waals surface area (Å²) in [6.07, 6.45) is 1.46. The Bertz CT molecular complexity index is 560. The Morgan fingerprint density at radius 3 is 2.82 bits per heavy atom. The zero-order valence-corrected chi connectivity index (χ0v) is 10.7. The summed E-state index contributed by atoms with van der Waals surface area (Å²) in [5, 5.41) is 0. The average molecular weight is 297 g/mol. The lowest BCUT2D eigenvalue weighted by Gasteiger charge is -2.09. The van der Waals surface area contributed by atoms with Crippen LogP contribution in [0.3, 0.4) is 0 Å². The Labute approximate surface area is 107 Å². The second-order valence-corrected chi connectivity index (χ2v) is 4.50. The molecule has 17 heavy (non-hydrogen) atoms. The van der Waals surface area contributed by atoms with Gasteiger partial charge in [-0.05, 0) is 46.6 Å². The molecule has 0 aliphatic carbocycles. The number of hydrogen-bond donors (Lipinski definition) is 1. The van der Waals surface area contributed by atoms with E-state index >= 15 is 0 Å². The summed E-state index contributed by atoms with van der Waals surface area (Å²) in [7, 11) is 0. The van der Waals surface area contributed by atoms with Crippen molar-refractivity contribution in [2.24, 2.45) is 0 Å². The normalized spacial score (nSPS) is 10.3. The molecule has 0 unspecified atom stereocenters. The third-order valence-corrected chi connectivity index (χ3v) is 2.58. The molecule has 1 aromatic heterocycles. The third kappa shape index (κ3) is 2.74. The van der Waals surface area contributed by atoms with Crippen molar-refractivity contribution < 1.29 is 9.13 Å². The fourth-order valence-corrected chi connectivity index (χ4v) is 1.61. The van der Waals surface area contributed by atoms with E-state index < -0.39 is 5.82 Å². The summed E-state index contributed by atoms with van der Waals surface area (Å²) in [6.45, 7) is 1.90. The summed E-state index contributed by atoms with van der Waals surface area (Å²) < 4.78 is 19.4. The highest BCUT2D eigenvalue weighted by Crippen LogP contribution is 2.29. The zero-order valence-electron chi connectivity index (χ0n) is 9.08. The average Bonchev–Trinajstić information content (AvgIpc) is 2.27. The van der Waals surface area contributed by atoms with Gasteiger partial charge in [0.1, 0.15) is 0 Å². The van der Waals surface area contributed by atoms with E-state index in [2.05, 4.69) is 20.9 Å². The van der Waals surface area contributed by atoms with Crippen LogP contribution in [0, 0.1) is 12.7 Å². The number of halogens is 2. The van der Waals surface area contributed by atoms with Crippen LogP contribution in [0.4, 0.5) is 10.1 Å². The zero-order chi connectivity index (χ0) is 12.4. The van der Waals surface area contributed by atoms with Crippen LogP contribution < -0.4 is 10.5 Å². The van der Waals surface area contributed by atoms with E-state index in [1.54, 1.807) is 12.1 Å². The quantitative estimate of drug-likeness (QED) is 0.860. The Morgan fingerprint density at radius 1 is 1.35 bits per heavy atom. The molecule has 0 aliphatic heterocycles. The Morgan fingerprint density at radius 2 is 2.12 bits per heavy atom. The summed E-state index contributed by atoms with van der Waals surface area (Å²) in [4.78, 5) is 3.84. The number of benzene rings is 1. The molecular weight excluding hydrogens is 287 g/mol. The van der Waals surface area contributed by atoms with E-state index in [-0.39, 0.29) is 5.88 Å². The van der Waals surface area contributed by atoms with Crippen molar-refractivity contribution in [3.05, 3.63) is 46.3 Å². The van der Waals surface area contributed by atoms with Gasteiger partial charge in [0.25, 0.3) is 5.88 Å². The van der Waals surface area contributed by atoms with Crippen molar-refractivity contribution in [2.45, 2.75) is 6.92 Å². The molecule has 1 heterocycles. The molecule has 0 fully saturated rings. The molecule has 0 bridgehead atoms. The summed E-state index contributed by atoms with van der Waals surface area (Å²) in [5.41, 5.74) is 7.16. The number of nitrogen functional groups attached to an aromatic ring is 1. The second-order valence-electron chi connectivity index (χ2n) is 3.58. The predicted molar refractivity (Wildman–Crippen MR) is 67.6 cm³/mol. The number of pyridine rings is 1. The molecule has 0 spiro atoms. The number of anilines is 1. The van der Waals surface area contributed by atoms with Crippen LogP contribution in [0.25, 0.3) is 0 Å². The van der Waals surface area contributed by atoms with Crippen LogP contribution in [0.2, 0.25) is 0 Å². The highest BCUT2D eigenvalue weighted by Gasteiger charge is 2.09. The maximum Gasteiger partial charge on any atom is 0.256 e. The van der Waals surface area contributed by atoms with Crippen molar-refractivity contribution in [1.29, 1.82) is 0 Å². The van der Waals surface area contributed by atoms with Gasteiger partial charge in [-0.1, -0.05) is 6.07 Å². The van der Waals surface area contributed by atoms with Crippen molar-refractivity contribution in [1.82, 2.24) is 4.98 Å². The van der Waals surface area contributed by atoms with Crippen LogP contribution in [0.5, 0.6) is 11.6 Å². The maximum absolute atomic E-state index is 13.5. The Hall–Kier alpha value is -1.62. The van der Waals surface area contributed by atoms with Crippen molar-refractivity contribution in [2.75, 3.05) is 5.73 Å². The Balaban J connectivity index is 2.34. The minimum atomic E-state index is -0.541. The first-order chi connectivity index (χ1) is 8.06. The van der Waals surface area contributed by atoms with Crippen molar-refractivity contribution in [3.63, 3.8) is 0 Å². The number of aryl methyl sites for hydroxylation is 1. The van der Waals surface area contributed by atoms with Gasteiger partial charge in [0.2, 0.25) is 0 Å². The molecule has 0 atom stereocenters. The van der Waals surface area contributed by atoms with Gasteiger partial charge < -0.3 is 10.5 Å². The smallest absolute Gasteiger partial charge is 0.256 e. The van der Waals surface area contributed by atoms with Gasteiger partial charge in [-0.15, -0.1) is 0 Å². The number of nitrogens with zero attached hydrogens (tertiary/aromatic N) is 1. The fourth-order valence-electron chi connectivity index (χ4n) is 1.31. The molecule has 3 nitrogen and oxygen atoms in total. The number of aromatic nitrogens is 1. The highest BCUT2D eigenvalue weighted by atomic mass is 79.9. The monoisotopic (exact) mass is 296 g/mol. The number of rotatable bonds is 2. The fraction of sp³-hybridized carbons (Fsp3) is 0.0833. The summed E-state index contributed by atoms with van der Waals surface area (Å²) in [5.74, 6) is -0.232. The first kappa shape index (κ1) is 11.9. The molecule has 0 saturated heterocycles. The van der Waals surface area contributed by atoms with Crippen LogP contribution >= 0.6 is 15.9 Å². The van der Waals surface area contributed by atoms with Crippen molar-refractivity contribution in [3.8, 4) is 11.6 Å². The van der Waals surface area contributed by atoms with E-state index in [9.17, 15) is 4.39 Å². The number of hydrogen-bond acceptors (Lipinski definition) is 3. The topological polar surface area (TPSA) is 48.1 Å². The van der Waals surface area contributed by atoms with E-state index in [1.165, 1.54) is 12.3 Å². The maximum atomic E-state index is 13.5. The van der Waals surface area contributed by atoms with Crippen LogP contribution in [-0.4, -0.2) is 4.98 Å². The van der Waals surface area contributed by atoms with E-state index in [4.69, 9.17) is 10.5 Å². The molecule has 88 valence electrons. The first-order valence-corrected chi connectivity index (χ1v) is 5.70. The molecular formula is C12H10BrFN2O. The third-order valence-electron chi connectivity index (χ3n) is 2.15. The molecule has 2 rings (SSSR count). The highest BCUT2D eigenvalue weighted by molar-refractivity contribution is 9.10. The van der Waals surface area contributed by atoms with Gasteiger partial charge in [-0.2, -0.15) is 0 Å². The van der Waals surface area contributed by atoms with E-state index in [1.807, 2.05) is 13.0 Å². The van der Waals surface area contributed by atoms with Crippen LogP contribution in [0.1, 0.15) is 5.56 Å². The van der Waals surface area contributed by atoms with Gasteiger partial charge >= 0.3 is 0 Å². The minimum absolute atomic E-state index is 0.0921. The largest absolute Gasteiger partial charge is 0.434 e. The van der Waals surface area contributed by atoms with E-state index in [0.29, 0.717) is 15.9 Å². The molecule has 0 saturated carbocycles. The van der Waals surface area contributed by atoms with Gasteiger partial charge in [0.05, 0.1) is 5.69 Å². The standard InChI is InChI=1S/C12H10BrFN2O/c1-7-2-3-10(15)11(4-7)17-12-9(14)5-8(13)6-16-12/h2-6H,15H2,1H3. The van der Waals surface area contributed by atoms with Gasteiger partial charge in [-0.3, -0.25) is 0 Å². The molecule has 5 heteroatoms. The van der Waals surface area contributed by atoms with Crippen molar-refractivity contribution >= 4 is 21.6 Å². The predicted octanol–water partition coefficient (Wildman–Crippen LogP) is 3.67. The van der Waals surface area contributed by atoms with Crippen LogP contribution in [-0.2, 0) is 0 Å². The Kier molecular flexibility index (Phi) is 3.28. The summed E-state index contributed by atoms with van der Waals surface area (Å²) >= 11 is 3.13. The lowest BCUT2D eigenvalue weighted by molar-refractivity contribution is 0.424. The van der Waals surface area contributed by atoms with Gasteiger partial charge in [-0.25, -0.2) is 9.37 Å². The van der Waals surface area contributed by atoms with Gasteiger partial charge in [0.15, 0.2) is 11.6 Å². The minimum Gasteiger partial charge on any atom is -0.434 e.